The lowest BCUT2D eigenvalue weighted by Gasteiger charge is -2.43. The summed E-state index contributed by atoms with van der Waals surface area (Å²) in [5.41, 5.74) is 1.49. The van der Waals surface area contributed by atoms with E-state index in [1.165, 1.54) is 0 Å². The number of para-hydroxylation sites is 1. The van der Waals surface area contributed by atoms with Crippen molar-refractivity contribution in [3.05, 3.63) is 29.8 Å². The van der Waals surface area contributed by atoms with Crippen molar-refractivity contribution in [2.75, 3.05) is 20.1 Å². The predicted octanol–water partition coefficient (Wildman–Crippen LogP) is 2.11. The molecule has 2 aliphatic rings. The molecular formula is C14H18N2O2. The summed E-state index contributed by atoms with van der Waals surface area (Å²) in [6, 6.07) is 7.81. The fraction of sp³-hybridized carbons (Fsp3) is 0.500. The minimum absolute atomic E-state index is 0.178. The summed E-state index contributed by atoms with van der Waals surface area (Å²) in [6.07, 6.45) is 2.67. The Morgan fingerprint density at radius 2 is 2.00 bits per heavy atom. The van der Waals surface area contributed by atoms with E-state index in [9.17, 15) is 5.21 Å². The van der Waals surface area contributed by atoms with Gasteiger partial charge in [-0.05, 0) is 19.2 Å². The van der Waals surface area contributed by atoms with Gasteiger partial charge in [-0.25, -0.2) is 0 Å². The summed E-state index contributed by atoms with van der Waals surface area (Å²) >= 11 is 0. The monoisotopic (exact) mass is 246 g/mol. The average molecular weight is 246 g/mol. The van der Waals surface area contributed by atoms with Crippen LogP contribution in [0.5, 0.6) is 5.75 Å². The number of piperidine rings is 1. The SMILES string of the molecule is CN1CCC2(CC1)C/C(=N\O)c1ccccc1O2. The number of hydrogen-bond acceptors (Lipinski definition) is 4. The number of benzene rings is 1. The molecule has 0 amide bonds. The minimum atomic E-state index is -0.178. The number of ether oxygens (including phenoxy) is 1. The third kappa shape index (κ3) is 1.86. The van der Waals surface area contributed by atoms with Gasteiger partial charge in [0.15, 0.2) is 0 Å². The summed E-state index contributed by atoms with van der Waals surface area (Å²) in [5, 5.41) is 12.7. The first-order chi connectivity index (χ1) is 8.72. The summed E-state index contributed by atoms with van der Waals surface area (Å²) in [4.78, 5) is 2.31. The smallest absolute Gasteiger partial charge is 0.129 e. The lowest BCUT2D eigenvalue weighted by molar-refractivity contribution is 0.00908. The van der Waals surface area contributed by atoms with E-state index < -0.39 is 0 Å². The Kier molecular flexibility index (Phi) is 2.74. The highest BCUT2D eigenvalue weighted by Gasteiger charge is 2.41. The van der Waals surface area contributed by atoms with E-state index >= 15 is 0 Å². The van der Waals surface area contributed by atoms with E-state index in [0.29, 0.717) is 6.42 Å². The molecule has 1 spiro atoms. The normalized spacial score (nSPS) is 24.8. The summed E-state index contributed by atoms with van der Waals surface area (Å²) < 4.78 is 6.22. The standard InChI is InChI=1S/C14H18N2O2/c1-16-8-6-14(7-9-16)10-12(15-17)11-4-2-3-5-13(11)18-14/h2-5,17H,6-10H2,1H3/b15-12+. The Balaban J connectivity index is 1.95. The molecule has 1 saturated heterocycles. The van der Waals surface area contributed by atoms with Crippen LogP contribution in [0, 0.1) is 0 Å². The maximum atomic E-state index is 9.23. The minimum Gasteiger partial charge on any atom is -0.486 e. The van der Waals surface area contributed by atoms with Crippen LogP contribution in [0.15, 0.2) is 29.4 Å². The van der Waals surface area contributed by atoms with E-state index in [1.807, 2.05) is 24.3 Å². The van der Waals surface area contributed by atoms with E-state index in [1.54, 1.807) is 0 Å². The second-order valence-electron chi connectivity index (χ2n) is 5.31. The quantitative estimate of drug-likeness (QED) is 0.563. The van der Waals surface area contributed by atoms with Gasteiger partial charge < -0.3 is 14.8 Å². The largest absolute Gasteiger partial charge is 0.486 e. The number of nitrogens with zero attached hydrogens (tertiary/aromatic N) is 2. The average Bonchev–Trinajstić information content (AvgIpc) is 2.41. The Morgan fingerprint density at radius 1 is 1.28 bits per heavy atom. The van der Waals surface area contributed by atoms with Crippen LogP contribution in [0.1, 0.15) is 24.8 Å². The van der Waals surface area contributed by atoms with Crippen LogP contribution in [0.25, 0.3) is 0 Å². The molecule has 2 aliphatic heterocycles. The Bertz CT molecular complexity index is 476. The molecule has 4 heteroatoms. The van der Waals surface area contributed by atoms with E-state index in [-0.39, 0.29) is 5.60 Å². The molecule has 2 heterocycles. The molecule has 18 heavy (non-hydrogen) atoms. The number of likely N-dealkylation sites (tertiary alicyclic amines) is 1. The van der Waals surface area contributed by atoms with Gasteiger partial charge in [-0.15, -0.1) is 0 Å². The second-order valence-corrected chi connectivity index (χ2v) is 5.31. The first-order valence-electron chi connectivity index (χ1n) is 6.40. The Labute approximate surface area is 107 Å². The molecule has 1 fully saturated rings. The van der Waals surface area contributed by atoms with Gasteiger partial charge in [-0.2, -0.15) is 0 Å². The van der Waals surface area contributed by atoms with Crippen LogP contribution in [0.2, 0.25) is 0 Å². The van der Waals surface area contributed by atoms with E-state index in [0.717, 1.165) is 43.0 Å². The molecule has 4 nitrogen and oxygen atoms in total. The van der Waals surface area contributed by atoms with Gasteiger partial charge >= 0.3 is 0 Å². The van der Waals surface area contributed by atoms with Crippen LogP contribution in [-0.2, 0) is 0 Å². The van der Waals surface area contributed by atoms with Crippen molar-refractivity contribution >= 4 is 5.71 Å². The molecule has 0 unspecified atom stereocenters. The third-order valence-corrected chi connectivity index (χ3v) is 4.03. The van der Waals surface area contributed by atoms with Crippen molar-refractivity contribution in [2.45, 2.75) is 24.9 Å². The summed E-state index contributed by atoms with van der Waals surface area (Å²) in [6.45, 7) is 2.06. The zero-order chi connectivity index (χ0) is 12.6. The molecule has 0 bridgehead atoms. The van der Waals surface area contributed by atoms with Crippen LogP contribution in [0.3, 0.4) is 0 Å². The maximum Gasteiger partial charge on any atom is 0.129 e. The van der Waals surface area contributed by atoms with Gasteiger partial charge in [0.05, 0.1) is 5.71 Å². The molecule has 1 N–H and O–H groups in total. The number of fused-ring (bicyclic) bond motifs is 1. The fourth-order valence-corrected chi connectivity index (χ4v) is 2.86. The zero-order valence-corrected chi connectivity index (χ0v) is 10.6. The van der Waals surface area contributed by atoms with Crippen molar-refractivity contribution in [3.63, 3.8) is 0 Å². The molecule has 96 valence electrons. The molecule has 0 radical (unpaired) electrons. The molecule has 1 aromatic rings. The molecule has 0 atom stereocenters. The first-order valence-corrected chi connectivity index (χ1v) is 6.40. The van der Waals surface area contributed by atoms with Gasteiger partial charge in [-0.3, -0.25) is 0 Å². The van der Waals surface area contributed by atoms with Gasteiger partial charge in [0.25, 0.3) is 0 Å². The van der Waals surface area contributed by atoms with Gasteiger partial charge in [0, 0.05) is 37.9 Å². The molecule has 0 aromatic heterocycles. The lowest BCUT2D eigenvalue weighted by atomic mass is 9.82. The Hall–Kier alpha value is -1.55. The Morgan fingerprint density at radius 3 is 2.72 bits per heavy atom. The van der Waals surface area contributed by atoms with Crippen molar-refractivity contribution in [1.82, 2.24) is 4.90 Å². The topological polar surface area (TPSA) is 45.1 Å². The highest BCUT2D eigenvalue weighted by Crippen LogP contribution is 2.39. The van der Waals surface area contributed by atoms with Crippen LogP contribution < -0.4 is 4.74 Å². The highest BCUT2D eigenvalue weighted by molar-refractivity contribution is 6.04. The fourth-order valence-electron chi connectivity index (χ4n) is 2.86. The lowest BCUT2D eigenvalue weighted by Crippen LogP contribution is -2.50. The molecule has 0 saturated carbocycles. The number of oxime groups is 1. The number of rotatable bonds is 0. The predicted molar refractivity (Wildman–Crippen MR) is 69.5 cm³/mol. The molecule has 1 aromatic carbocycles. The highest BCUT2D eigenvalue weighted by atomic mass is 16.5. The van der Waals surface area contributed by atoms with E-state index in [4.69, 9.17) is 4.74 Å². The second kappa shape index (κ2) is 4.28. The molecule has 0 aliphatic carbocycles. The zero-order valence-electron chi connectivity index (χ0n) is 10.6. The molecule has 3 rings (SSSR count). The van der Waals surface area contributed by atoms with Crippen molar-refractivity contribution in [3.8, 4) is 5.75 Å². The maximum absolute atomic E-state index is 9.23. The van der Waals surface area contributed by atoms with E-state index in [2.05, 4.69) is 17.1 Å². The summed E-state index contributed by atoms with van der Waals surface area (Å²) in [7, 11) is 2.13. The van der Waals surface area contributed by atoms with Gasteiger partial charge in [0.2, 0.25) is 0 Å². The van der Waals surface area contributed by atoms with Crippen LogP contribution >= 0.6 is 0 Å². The van der Waals surface area contributed by atoms with Crippen molar-refractivity contribution < 1.29 is 9.94 Å². The number of hydrogen-bond donors (Lipinski definition) is 1. The van der Waals surface area contributed by atoms with Crippen LogP contribution in [-0.4, -0.2) is 41.6 Å². The van der Waals surface area contributed by atoms with Crippen molar-refractivity contribution in [2.24, 2.45) is 5.16 Å². The molecular weight excluding hydrogens is 228 g/mol. The summed E-state index contributed by atoms with van der Waals surface area (Å²) in [5.74, 6) is 0.848. The third-order valence-electron chi connectivity index (χ3n) is 4.03. The van der Waals surface area contributed by atoms with Gasteiger partial charge in [0.1, 0.15) is 11.4 Å². The van der Waals surface area contributed by atoms with Gasteiger partial charge in [-0.1, -0.05) is 17.3 Å². The van der Waals surface area contributed by atoms with Crippen molar-refractivity contribution in [1.29, 1.82) is 0 Å². The first kappa shape index (κ1) is 11.5. The van der Waals surface area contributed by atoms with Crippen LogP contribution in [0.4, 0.5) is 0 Å².